The maximum absolute atomic E-state index is 14.0. The Morgan fingerprint density at radius 2 is 1.72 bits per heavy atom. The topological polar surface area (TPSA) is 43.3 Å². The summed E-state index contributed by atoms with van der Waals surface area (Å²) in [6, 6.07) is 15.0. The zero-order valence-corrected chi connectivity index (χ0v) is 16.4. The molecule has 1 heterocycles. The number of carbonyl (C=O) groups is 1. The summed E-state index contributed by atoms with van der Waals surface area (Å²) in [5.74, 6) is -0.180. The van der Waals surface area contributed by atoms with Gasteiger partial charge in [-0.2, -0.15) is 13.2 Å². The van der Waals surface area contributed by atoms with Gasteiger partial charge in [0.15, 0.2) is 0 Å². The normalized spacial score (nSPS) is 11.4. The summed E-state index contributed by atoms with van der Waals surface area (Å²) in [7, 11) is 1.34. The first-order valence-corrected chi connectivity index (χ1v) is 9.10. The summed E-state index contributed by atoms with van der Waals surface area (Å²) in [5.41, 5.74) is 0.383. The number of carbonyl (C=O) groups excluding carboxylic acids is 1. The van der Waals surface area contributed by atoms with Gasteiger partial charge in [0.25, 0.3) is 0 Å². The number of amides is 1. The second-order valence-electron chi connectivity index (χ2n) is 6.37. The summed E-state index contributed by atoms with van der Waals surface area (Å²) in [6.45, 7) is 1.25. The molecule has 4 nitrogen and oxygen atoms in total. The van der Waals surface area contributed by atoms with E-state index >= 15 is 0 Å². The average Bonchev–Trinajstić information content (AvgIpc) is 2.94. The molecule has 3 rings (SSSR count). The first kappa shape index (κ1) is 20.8. The Morgan fingerprint density at radius 3 is 2.28 bits per heavy atom. The summed E-state index contributed by atoms with van der Waals surface area (Å²) in [6.07, 6.45) is -5.51. The van der Waals surface area contributed by atoms with Crippen LogP contribution in [0.4, 0.5) is 18.0 Å². The van der Waals surface area contributed by atoms with Crippen molar-refractivity contribution in [3.05, 3.63) is 76.4 Å². The highest BCUT2D eigenvalue weighted by Gasteiger charge is 2.40. The molecule has 0 saturated heterocycles. The van der Waals surface area contributed by atoms with E-state index in [-0.39, 0.29) is 23.6 Å². The van der Waals surface area contributed by atoms with Crippen molar-refractivity contribution in [2.75, 3.05) is 7.05 Å². The molecule has 8 heteroatoms. The number of hydrogen-bond acceptors (Lipinski definition) is 2. The van der Waals surface area contributed by atoms with E-state index in [9.17, 15) is 18.0 Å². The molecular weight excluding hydrogens is 405 g/mol. The van der Waals surface area contributed by atoms with Crippen LogP contribution in [0.25, 0.3) is 11.1 Å². The highest BCUT2D eigenvalue weighted by molar-refractivity contribution is 6.30. The number of nitrogens with one attached hydrogen (secondary N) is 1. The first-order valence-electron chi connectivity index (χ1n) is 8.72. The molecule has 0 bridgehead atoms. The third-order valence-electron chi connectivity index (χ3n) is 4.44. The molecule has 1 amide bonds. The number of nitrogens with zero attached hydrogens (tertiary/aromatic N) is 1. The fraction of sp³-hybridized carbons (Fsp3) is 0.190. The molecule has 152 valence electrons. The van der Waals surface area contributed by atoms with Crippen LogP contribution < -0.4 is 10.1 Å². The summed E-state index contributed by atoms with van der Waals surface area (Å²) >= 11 is 5.92. The Bertz CT molecular complexity index is 1010. The van der Waals surface area contributed by atoms with Crippen molar-refractivity contribution < 1.29 is 22.7 Å². The average molecular weight is 423 g/mol. The Labute approximate surface area is 170 Å². The standard InChI is InChI=1S/C21H18ClF3N2O2/c1-13-17(15-8-10-16(22)11-9-15)19(29-20(28)26-2)27(18(13)21(23,24)25)12-14-6-4-3-5-7-14/h3-11H,12H2,1-2H3,(H,26,28). The van der Waals surface area contributed by atoms with Gasteiger partial charge in [0.1, 0.15) is 5.69 Å². The maximum Gasteiger partial charge on any atom is 0.431 e. The van der Waals surface area contributed by atoms with Gasteiger partial charge in [-0.05, 0) is 35.7 Å². The number of rotatable bonds is 4. The number of aromatic nitrogens is 1. The molecule has 1 N–H and O–H groups in total. The zero-order chi connectivity index (χ0) is 21.2. The van der Waals surface area contributed by atoms with Gasteiger partial charge in [-0.25, -0.2) is 4.79 Å². The number of hydrogen-bond donors (Lipinski definition) is 1. The van der Waals surface area contributed by atoms with Gasteiger partial charge in [-0.1, -0.05) is 54.1 Å². The SMILES string of the molecule is CNC(=O)Oc1c(-c2ccc(Cl)cc2)c(C)c(C(F)(F)F)n1Cc1ccccc1. The Balaban J connectivity index is 2.29. The maximum atomic E-state index is 14.0. The molecule has 0 aliphatic carbocycles. The number of ether oxygens (including phenoxy) is 1. The van der Waals surface area contributed by atoms with Crippen LogP contribution in [-0.4, -0.2) is 17.7 Å². The van der Waals surface area contributed by atoms with E-state index in [0.29, 0.717) is 16.1 Å². The quantitative estimate of drug-likeness (QED) is 0.568. The molecule has 0 unspecified atom stereocenters. The fourth-order valence-corrected chi connectivity index (χ4v) is 3.33. The van der Waals surface area contributed by atoms with E-state index in [1.54, 1.807) is 54.6 Å². The first-order chi connectivity index (χ1) is 13.7. The van der Waals surface area contributed by atoms with Gasteiger partial charge < -0.3 is 14.6 Å². The molecule has 1 aromatic heterocycles. The molecule has 0 radical (unpaired) electrons. The summed E-state index contributed by atoms with van der Waals surface area (Å²) in [5, 5.41) is 2.73. The van der Waals surface area contributed by atoms with E-state index in [2.05, 4.69) is 5.32 Å². The predicted octanol–water partition coefficient (Wildman–Crippen LogP) is 5.90. The van der Waals surface area contributed by atoms with Crippen LogP contribution in [0.2, 0.25) is 5.02 Å². The zero-order valence-electron chi connectivity index (χ0n) is 15.7. The van der Waals surface area contributed by atoms with Crippen molar-refractivity contribution in [2.24, 2.45) is 0 Å². The van der Waals surface area contributed by atoms with Crippen molar-refractivity contribution in [1.29, 1.82) is 0 Å². The Kier molecular flexibility index (Phi) is 5.88. The van der Waals surface area contributed by atoms with Gasteiger partial charge in [0, 0.05) is 17.6 Å². The lowest BCUT2D eigenvalue weighted by atomic mass is 10.0. The van der Waals surface area contributed by atoms with Crippen molar-refractivity contribution in [1.82, 2.24) is 9.88 Å². The third-order valence-corrected chi connectivity index (χ3v) is 4.69. The van der Waals surface area contributed by atoms with Gasteiger partial charge >= 0.3 is 12.3 Å². The van der Waals surface area contributed by atoms with Crippen LogP contribution in [0.15, 0.2) is 54.6 Å². The highest BCUT2D eigenvalue weighted by atomic mass is 35.5. The smallest absolute Gasteiger partial charge is 0.392 e. The monoisotopic (exact) mass is 422 g/mol. The molecule has 2 aromatic carbocycles. The van der Waals surface area contributed by atoms with E-state index in [1.807, 2.05) is 0 Å². The molecule has 0 fully saturated rings. The fourth-order valence-electron chi connectivity index (χ4n) is 3.20. The van der Waals surface area contributed by atoms with Crippen LogP contribution >= 0.6 is 11.6 Å². The highest BCUT2D eigenvalue weighted by Crippen LogP contribution is 2.45. The van der Waals surface area contributed by atoms with E-state index in [4.69, 9.17) is 16.3 Å². The van der Waals surface area contributed by atoms with Crippen LogP contribution in [0.3, 0.4) is 0 Å². The Hall–Kier alpha value is -2.93. The van der Waals surface area contributed by atoms with E-state index in [0.717, 1.165) is 4.57 Å². The largest absolute Gasteiger partial charge is 0.431 e. The summed E-state index contributed by atoms with van der Waals surface area (Å²) in [4.78, 5) is 11.9. The third kappa shape index (κ3) is 4.40. The van der Waals surface area contributed by atoms with Crippen LogP contribution in [0, 0.1) is 6.92 Å². The minimum Gasteiger partial charge on any atom is -0.392 e. The second kappa shape index (κ2) is 8.21. The Morgan fingerprint density at radius 1 is 1.10 bits per heavy atom. The van der Waals surface area contributed by atoms with Gasteiger partial charge in [-0.15, -0.1) is 0 Å². The molecule has 0 spiro atoms. The van der Waals surface area contributed by atoms with Crippen molar-refractivity contribution in [2.45, 2.75) is 19.6 Å². The van der Waals surface area contributed by atoms with Gasteiger partial charge in [0.05, 0.1) is 6.54 Å². The van der Waals surface area contributed by atoms with Gasteiger partial charge in [-0.3, -0.25) is 0 Å². The van der Waals surface area contributed by atoms with Crippen molar-refractivity contribution >= 4 is 17.7 Å². The van der Waals surface area contributed by atoms with E-state index in [1.165, 1.54) is 14.0 Å². The molecule has 0 atom stereocenters. The molecule has 29 heavy (non-hydrogen) atoms. The second-order valence-corrected chi connectivity index (χ2v) is 6.81. The minimum atomic E-state index is -4.65. The van der Waals surface area contributed by atoms with Crippen LogP contribution in [-0.2, 0) is 12.7 Å². The number of alkyl halides is 3. The van der Waals surface area contributed by atoms with Crippen molar-refractivity contribution in [3.8, 4) is 17.0 Å². The minimum absolute atomic E-state index is 0.0327. The van der Waals surface area contributed by atoms with Crippen LogP contribution in [0.5, 0.6) is 5.88 Å². The lowest BCUT2D eigenvalue weighted by Crippen LogP contribution is -2.24. The van der Waals surface area contributed by atoms with Crippen molar-refractivity contribution in [3.63, 3.8) is 0 Å². The van der Waals surface area contributed by atoms with Gasteiger partial charge in [0.2, 0.25) is 5.88 Å². The lowest BCUT2D eigenvalue weighted by molar-refractivity contribution is -0.144. The van der Waals surface area contributed by atoms with E-state index < -0.39 is 18.0 Å². The predicted molar refractivity (Wildman–Crippen MR) is 105 cm³/mol. The molecule has 0 aliphatic heterocycles. The molecule has 0 saturated carbocycles. The molecule has 3 aromatic rings. The van der Waals surface area contributed by atoms with Crippen LogP contribution in [0.1, 0.15) is 16.8 Å². The number of benzene rings is 2. The molecule has 0 aliphatic rings. The lowest BCUT2D eigenvalue weighted by Gasteiger charge is -2.16. The molecular formula is C21H18ClF3N2O2. The number of halogens is 4. The summed E-state index contributed by atoms with van der Waals surface area (Å²) < 4.78 is 48.3.